The summed E-state index contributed by atoms with van der Waals surface area (Å²) < 4.78 is 5.16. The molecule has 0 aliphatic carbocycles. The lowest BCUT2D eigenvalue weighted by atomic mass is 9.97. The third-order valence-electron chi connectivity index (χ3n) is 5.96. The van der Waals surface area contributed by atoms with Crippen LogP contribution in [0.25, 0.3) is 32.3 Å². The van der Waals surface area contributed by atoms with Gasteiger partial charge in [0, 0.05) is 31.6 Å². The van der Waals surface area contributed by atoms with Gasteiger partial charge in [0.25, 0.3) is 0 Å². The number of rotatable bonds is 2. The summed E-state index contributed by atoms with van der Waals surface area (Å²) in [6, 6.07) is 22.1. The van der Waals surface area contributed by atoms with Gasteiger partial charge < -0.3 is 24.9 Å². The Bertz CT molecular complexity index is 1290. The van der Waals surface area contributed by atoms with Crippen LogP contribution in [0.4, 0.5) is 0 Å². The van der Waals surface area contributed by atoms with E-state index in [9.17, 15) is 0 Å². The molecule has 4 aromatic carbocycles. The molecule has 1 saturated heterocycles. The Hall–Kier alpha value is -3.29. The van der Waals surface area contributed by atoms with E-state index in [0.29, 0.717) is 5.75 Å². The van der Waals surface area contributed by atoms with Crippen molar-refractivity contribution in [3.05, 3.63) is 66.7 Å². The fourth-order valence-corrected chi connectivity index (χ4v) is 4.49. The van der Waals surface area contributed by atoms with Gasteiger partial charge in [-0.05, 0) is 58.0 Å². The van der Waals surface area contributed by atoms with Crippen LogP contribution >= 0.6 is 0 Å². The molecule has 0 spiro atoms. The Morgan fingerprint density at radius 3 is 2.41 bits per heavy atom. The van der Waals surface area contributed by atoms with Gasteiger partial charge in [0.05, 0.1) is 0 Å². The standard InChI is InChI=1S/C18H13BO3.C7H13N3/c20-19(21)22-17-7-3-6-12-8-9-15-10-13-4-1-2-5-14(13)11-16(15)18(12)17;1-3-8-7-9-4-2-6-10(7)5-1/h1-11,20-21H;1-6H2,(H,8,9). The van der Waals surface area contributed by atoms with Crippen LogP contribution in [0, 0.1) is 0 Å². The highest BCUT2D eigenvalue weighted by atomic mass is 16.6. The molecule has 0 aromatic heterocycles. The van der Waals surface area contributed by atoms with Crippen LogP contribution in [-0.2, 0) is 0 Å². The molecule has 1 fully saturated rings. The zero-order valence-electron chi connectivity index (χ0n) is 17.9. The van der Waals surface area contributed by atoms with E-state index in [4.69, 9.17) is 14.7 Å². The molecule has 7 heteroatoms. The highest BCUT2D eigenvalue weighted by molar-refractivity contribution is 6.34. The van der Waals surface area contributed by atoms with Crippen LogP contribution in [-0.4, -0.2) is 54.4 Å². The minimum absolute atomic E-state index is 0.466. The van der Waals surface area contributed by atoms with Gasteiger partial charge in [-0.3, -0.25) is 4.99 Å². The van der Waals surface area contributed by atoms with E-state index in [1.807, 2.05) is 30.3 Å². The van der Waals surface area contributed by atoms with Crippen molar-refractivity contribution in [1.29, 1.82) is 0 Å². The maximum atomic E-state index is 9.14. The van der Waals surface area contributed by atoms with Crippen LogP contribution < -0.4 is 9.97 Å². The smallest absolute Gasteiger partial charge is 0.511 e. The highest BCUT2D eigenvalue weighted by Gasteiger charge is 2.17. The van der Waals surface area contributed by atoms with E-state index in [0.717, 1.165) is 46.0 Å². The molecule has 6 rings (SSSR count). The van der Waals surface area contributed by atoms with E-state index in [-0.39, 0.29) is 0 Å². The van der Waals surface area contributed by atoms with Crippen LogP contribution in [0.2, 0.25) is 0 Å². The van der Waals surface area contributed by atoms with Gasteiger partial charge in [-0.15, -0.1) is 0 Å². The fraction of sp³-hybridized carbons (Fsp3) is 0.240. The second-order valence-corrected chi connectivity index (χ2v) is 8.11. The van der Waals surface area contributed by atoms with Crippen molar-refractivity contribution >= 4 is 45.6 Å². The SMILES string of the molecule is C1CN=C2NCCCN2C1.OB(O)Oc1cccc2ccc3cc4ccccc4cc3c12. The zero-order chi connectivity index (χ0) is 21.9. The summed E-state index contributed by atoms with van der Waals surface area (Å²) in [5.41, 5.74) is 0. The first kappa shape index (κ1) is 20.6. The molecule has 2 aliphatic rings. The van der Waals surface area contributed by atoms with E-state index in [1.165, 1.54) is 31.3 Å². The molecule has 0 bridgehead atoms. The first-order valence-corrected chi connectivity index (χ1v) is 11.1. The molecule has 0 atom stereocenters. The second-order valence-electron chi connectivity index (χ2n) is 8.11. The molecule has 0 unspecified atom stereocenters. The maximum Gasteiger partial charge on any atom is 0.707 e. The van der Waals surface area contributed by atoms with Gasteiger partial charge in [0.1, 0.15) is 5.75 Å². The molecule has 162 valence electrons. The minimum atomic E-state index is -1.83. The van der Waals surface area contributed by atoms with Crippen LogP contribution in [0.5, 0.6) is 5.75 Å². The van der Waals surface area contributed by atoms with E-state index >= 15 is 0 Å². The normalized spacial score (nSPS) is 15.4. The lowest BCUT2D eigenvalue weighted by Gasteiger charge is -2.33. The largest absolute Gasteiger partial charge is 0.707 e. The number of nitrogens with zero attached hydrogens (tertiary/aromatic N) is 2. The molecule has 2 aliphatic heterocycles. The molecule has 6 nitrogen and oxygen atoms in total. The molecule has 2 heterocycles. The molecular formula is C25H26BN3O3. The Kier molecular flexibility index (Phi) is 5.84. The average molecular weight is 427 g/mol. The molecule has 0 saturated carbocycles. The summed E-state index contributed by atoms with van der Waals surface area (Å²) in [6.45, 7) is 4.52. The number of hydrogen-bond donors (Lipinski definition) is 3. The number of hydrogen-bond acceptors (Lipinski definition) is 6. The number of fused-ring (bicyclic) bond motifs is 5. The third kappa shape index (κ3) is 4.22. The van der Waals surface area contributed by atoms with Gasteiger partial charge >= 0.3 is 7.32 Å². The number of benzene rings is 4. The van der Waals surface area contributed by atoms with E-state index in [1.54, 1.807) is 6.07 Å². The summed E-state index contributed by atoms with van der Waals surface area (Å²) in [6.07, 6.45) is 2.49. The average Bonchev–Trinajstić information content (AvgIpc) is 2.83. The maximum absolute atomic E-state index is 9.14. The molecule has 0 amide bonds. The van der Waals surface area contributed by atoms with Crippen LogP contribution in [0.1, 0.15) is 12.8 Å². The predicted octanol–water partition coefficient (Wildman–Crippen LogP) is 3.54. The van der Waals surface area contributed by atoms with E-state index in [2.05, 4.69) is 45.5 Å². The lowest BCUT2D eigenvalue weighted by molar-refractivity contribution is 0.289. The van der Waals surface area contributed by atoms with Crippen molar-refractivity contribution in [2.45, 2.75) is 12.8 Å². The Morgan fingerprint density at radius 2 is 1.59 bits per heavy atom. The molecule has 3 N–H and O–H groups in total. The summed E-state index contributed by atoms with van der Waals surface area (Å²) in [7, 11) is -1.83. The monoisotopic (exact) mass is 427 g/mol. The van der Waals surface area contributed by atoms with Crippen molar-refractivity contribution in [2.24, 2.45) is 4.99 Å². The topological polar surface area (TPSA) is 77.3 Å². The number of guanidine groups is 1. The van der Waals surface area contributed by atoms with E-state index < -0.39 is 7.32 Å². The van der Waals surface area contributed by atoms with Gasteiger partial charge in [-0.1, -0.05) is 48.5 Å². The van der Waals surface area contributed by atoms with Crippen molar-refractivity contribution in [1.82, 2.24) is 10.2 Å². The minimum Gasteiger partial charge on any atom is -0.511 e. The van der Waals surface area contributed by atoms with Crippen LogP contribution in [0.3, 0.4) is 0 Å². The van der Waals surface area contributed by atoms with Crippen molar-refractivity contribution < 1.29 is 14.7 Å². The third-order valence-corrected chi connectivity index (χ3v) is 5.96. The van der Waals surface area contributed by atoms with Gasteiger partial charge in [0.15, 0.2) is 5.96 Å². The van der Waals surface area contributed by atoms with Gasteiger partial charge in [-0.2, -0.15) is 0 Å². The zero-order valence-corrected chi connectivity index (χ0v) is 17.9. The van der Waals surface area contributed by atoms with Crippen molar-refractivity contribution in [3.63, 3.8) is 0 Å². The van der Waals surface area contributed by atoms with Gasteiger partial charge in [0.2, 0.25) is 0 Å². The summed E-state index contributed by atoms with van der Waals surface area (Å²) in [5.74, 6) is 1.60. The predicted molar refractivity (Wildman–Crippen MR) is 131 cm³/mol. The fourth-order valence-electron chi connectivity index (χ4n) is 4.49. The summed E-state index contributed by atoms with van der Waals surface area (Å²) >= 11 is 0. The molecule has 32 heavy (non-hydrogen) atoms. The summed E-state index contributed by atoms with van der Waals surface area (Å²) in [5, 5.41) is 27.9. The number of aliphatic imine (C=N–C) groups is 1. The van der Waals surface area contributed by atoms with Crippen molar-refractivity contribution in [2.75, 3.05) is 26.2 Å². The number of nitrogens with one attached hydrogen (secondary N) is 1. The molecular weight excluding hydrogens is 401 g/mol. The quantitative estimate of drug-likeness (QED) is 0.259. The molecule has 0 radical (unpaired) electrons. The summed E-state index contributed by atoms with van der Waals surface area (Å²) in [4.78, 5) is 6.72. The van der Waals surface area contributed by atoms with Crippen LogP contribution in [0.15, 0.2) is 71.7 Å². The Labute approximate surface area is 187 Å². The van der Waals surface area contributed by atoms with Crippen molar-refractivity contribution in [3.8, 4) is 5.75 Å². The Morgan fingerprint density at radius 1 is 0.844 bits per heavy atom. The molecule has 4 aromatic rings. The van der Waals surface area contributed by atoms with Gasteiger partial charge in [-0.25, -0.2) is 0 Å². The Balaban J connectivity index is 0.000000180. The highest BCUT2D eigenvalue weighted by Crippen LogP contribution is 2.35. The second kappa shape index (κ2) is 9.06. The first-order chi connectivity index (χ1) is 15.7. The lowest BCUT2D eigenvalue weighted by Crippen LogP contribution is -2.49. The first-order valence-electron chi connectivity index (χ1n) is 11.1.